The first kappa shape index (κ1) is 13.3. The Hall–Kier alpha value is -0.160. The Kier molecular flexibility index (Phi) is 4.79. The maximum absolute atomic E-state index is 3.52. The van der Waals surface area contributed by atoms with Crippen LogP contribution in [0.4, 0.5) is 0 Å². The van der Waals surface area contributed by atoms with Gasteiger partial charge in [0.15, 0.2) is 0 Å². The monoisotopic (exact) mass is 329 g/mol. The van der Waals surface area contributed by atoms with Gasteiger partial charge in [-0.15, -0.1) is 22.7 Å². The van der Waals surface area contributed by atoms with E-state index < -0.39 is 0 Å². The van der Waals surface area contributed by atoms with Crippen LogP contribution in [0.15, 0.2) is 27.4 Å². The lowest BCUT2D eigenvalue weighted by Gasteiger charge is -2.13. The topological polar surface area (TPSA) is 12.0 Å². The molecule has 0 fully saturated rings. The Labute approximate surface area is 119 Å². The second kappa shape index (κ2) is 6.14. The van der Waals surface area contributed by atoms with Gasteiger partial charge >= 0.3 is 0 Å². The quantitative estimate of drug-likeness (QED) is 0.842. The van der Waals surface area contributed by atoms with E-state index in [9.17, 15) is 0 Å². The Balaban J connectivity index is 2.09. The van der Waals surface area contributed by atoms with Crippen molar-refractivity contribution < 1.29 is 0 Å². The molecule has 17 heavy (non-hydrogen) atoms. The molecule has 0 spiro atoms. The highest BCUT2D eigenvalue weighted by Crippen LogP contribution is 2.29. The molecule has 0 aliphatic carbocycles. The number of likely N-dealkylation sites (N-methyl/N-ethyl adjacent to an activating group) is 1. The maximum atomic E-state index is 3.52. The van der Waals surface area contributed by atoms with Crippen LogP contribution in [0.25, 0.3) is 0 Å². The Morgan fingerprint density at radius 3 is 2.65 bits per heavy atom. The van der Waals surface area contributed by atoms with Crippen molar-refractivity contribution in [1.29, 1.82) is 0 Å². The van der Waals surface area contributed by atoms with Crippen molar-refractivity contribution in [2.45, 2.75) is 25.8 Å². The van der Waals surface area contributed by atoms with Crippen molar-refractivity contribution in [3.05, 3.63) is 42.7 Å². The normalized spacial score (nSPS) is 12.9. The Morgan fingerprint density at radius 2 is 2.12 bits per heavy atom. The third kappa shape index (κ3) is 3.41. The molecule has 0 radical (unpaired) electrons. The van der Waals surface area contributed by atoms with E-state index in [1.807, 2.05) is 18.4 Å². The molecule has 92 valence electrons. The minimum atomic E-state index is 0.418. The molecule has 2 aromatic heterocycles. The summed E-state index contributed by atoms with van der Waals surface area (Å²) in [5.74, 6) is 0. The predicted molar refractivity (Wildman–Crippen MR) is 81.2 cm³/mol. The van der Waals surface area contributed by atoms with Crippen LogP contribution >= 0.6 is 38.6 Å². The molecule has 0 amide bonds. The molecule has 0 saturated heterocycles. The van der Waals surface area contributed by atoms with Crippen LogP contribution < -0.4 is 5.32 Å². The molecule has 1 nitrogen and oxygen atoms in total. The number of hydrogen-bond donors (Lipinski definition) is 1. The van der Waals surface area contributed by atoms with E-state index in [1.54, 1.807) is 11.3 Å². The van der Waals surface area contributed by atoms with E-state index in [4.69, 9.17) is 0 Å². The molecular weight excluding hydrogens is 314 g/mol. The van der Waals surface area contributed by atoms with Gasteiger partial charge in [-0.2, -0.15) is 0 Å². The fraction of sp³-hybridized carbons (Fsp3) is 0.385. The van der Waals surface area contributed by atoms with Crippen molar-refractivity contribution in [3.8, 4) is 0 Å². The molecule has 1 N–H and O–H groups in total. The summed E-state index contributed by atoms with van der Waals surface area (Å²) in [6, 6.07) is 7.13. The average molecular weight is 330 g/mol. The molecule has 0 bridgehead atoms. The molecule has 0 aromatic carbocycles. The van der Waals surface area contributed by atoms with Crippen LogP contribution in [0.1, 0.15) is 28.3 Å². The summed E-state index contributed by atoms with van der Waals surface area (Å²) in [6.45, 7) is 2.21. The van der Waals surface area contributed by atoms with Crippen LogP contribution in [-0.4, -0.2) is 7.05 Å². The van der Waals surface area contributed by atoms with Crippen molar-refractivity contribution >= 4 is 38.6 Å². The van der Waals surface area contributed by atoms with E-state index in [2.05, 4.69) is 51.7 Å². The van der Waals surface area contributed by atoms with Gasteiger partial charge in [0.25, 0.3) is 0 Å². The third-order valence-electron chi connectivity index (χ3n) is 2.81. The predicted octanol–water partition coefficient (Wildman–Crippen LogP) is 4.64. The van der Waals surface area contributed by atoms with Crippen molar-refractivity contribution in [2.24, 2.45) is 0 Å². The molecule has 2 rings (SSSR count). The van der Waals surface area contributed by atoms with E-state index in [0.717, 1.165) is 12.8 Å². The summed E-state index contributed by atoms with van der Waals surface area (Å²) >= 11 is 7.20. The zero-order valence-electron chi connectivity index (χ0n) is 10.00. The number of rotatable bonds is 5. The van der Waals surface area contributed by atoms with Crippen molar-refractivity contribution in [1.82, 2.24) is 5.32 Å². The molecule has 0 saturated carbocycles. The highest BCUT2D eigenvalue weighted by molar-refractivity contribution is 9.11. The molecule has 2 aromatic rings. The molecule has 4 heteroatoms. The van der Waals surface area contributed by atoms with E-state index in [-0.39, 0.29) is 0 Å². The first-order valence-corrected chi connectivity index (χ1v) is 8.20. The lowest BCUT2D eigenvalue weighted by atomic mass is 10.1. The minimum absolute atomic E-state index is 0.418. The highest BCUT2D eigenvalue weighted by atomic mass is 79.9. The van der Waals surface area contributed by atoms with Gasteiger partial charge in [-0.25, -0.2) is 0 Å². The second-order valence-corrected chi connectivity index (χ2v) is 7.49. The first-order valence-electron chi connectivity index (χ1n) is 5.71. The molecule has 0 aliphatic rings. The summed E-state index contributed by atoms with van der Waals surface area (Å²) in [6.07, 6.45) is 2.21. The van der Waals surface area contributed by atoms with Crippen LogP contribution in [-0.2, 0) is 12.8 Å². The lowest BCUT2D eigenvalue weighted by molar-refractivity contribution is 0.598. The highest BCUT2D eigenvalue weighted by Gasteiger charge is 2.12. The lowest BCUT2D eigenvalue weighted by Crippen LogP contribution is -2.17. The van der Waals surface area contributed by atoms with Gasteiger partial charge in [-0.3, -0.25) is 0 Å². The summed E-state index contributed by atoms with van der Waals surface area (Å²) in [4.78, 5) is 2.94. The van der Waals surface area contributed by atoms with Gasteiger partial charge in [0, 0.05) is 22.2 Å². The Bertz CT molecular complexity index is 475. The minimum Gasteiger partial charge on any atom is -0.313 e. The second-order valence-electron chi connectivity index (χ2n) is 3.95. The molecule has 1 atom stereocenters. The third-order valence-corrected chi connectivity index (χ3v) is 5.58. The summed E-state index contributed by atoms with van der Waals surface area (Å²) in [7, 11) is 2.03. The zero-order valence-corrected chi connectivity index (χ0v) is 13.2. The number of hydrogen-bond acceptors (Lipinski definition) is 3. The van der Waals surface area contributed by atoms with E-state index in [0.29, 0.717) is 6.04 Å². The molecule has 1 unspecified atom stereocenters. The van der Waals surface area contributed by atoms with E-state index in [1.165, 1.54) is 19.1 Å². The summed E-state index contributed by atoms with van der Waals surface area (Å²) < 4.78 is 1.20. The van der Waals surface area contributed by atoms with Gasteiger partial charge < -0.3 is 5.32 Å². The van der Waals surface area contributed by atoms with Gasteiger partial charge in [0.1, 0.15) is 0 Å². The van der Waals surface area contributed by atoms with Gasteiger partial charge in [0.05, 0.1) is 3.79 Å². The van der Waals surface area contributed by atoms with Gasteiger partial charge in [-0.1, -0.05) is 6.92 Å². The maximum Gasteiger partial charge on any atom is 0.0701 e. The fourth-order valence-corrected chi connectivity index (χ4v) is 4.05. The number of nitrogens with one attached hydrogen (secondary N) is 1. The summed E-state index contributed by atoms with van der Waals surface area (Å²) in [5.41, 5.74) is 1.37. The summed E-state index contributed by atoms with van der Waals surface area (Å²) in [5, 5.41) is 5.62. The fourth-order valence-electron chi connectivity index (χ4n) is 1.82. The van der Waals surface area contributed by atoms with Crippen LogP contribution in [0.2, 0.25) is 0 Å². The first-order chi connectivity index (χ1) is 8.22. The number of aryl methyl sites for hydroxylation is 1. The van der Waals surface area contributed by atoms with Crippen LogP contribution in [0.3, 0.4) is 0 Å². The van der Waals surface area contributed by atoms with E-state index >= 15 is 0 Å². The SMILES string of the molecule is CCc1ccc(CC(NC)c2csc(Br)c2)s1. The average Bonchev–Trinajstić information content (AvgIpc) is 2.94. The van der Waals surface area contributed by atoms with Crippen LogP contribution in [0.5, 0.6) is 0 Å². The van der Waals surface area contributed by atoms with Crippen molar-refractivity contribution in [2.75, 3.05) is 7.05 Å². The molecule has 0 aliphatic heterocycles. The zero-order chi connectivity index (χ0) is 12.3. The largest absolute Gasteiger partial charge is 0.313 e. The van der Waals surface area contributed by atoms with Crippen LogP contribution in [0, 0.1) is 0 Å². The Morgan fingerprint density at radius 1 is 1.35 bits per heavy atom. The van der Waals surface area contributed by atoms with Gasteiger partial charge in [-0.05, 0) is 58.5 Å². The molecule has 2 heterocycles. The number of halogens is 1. The smallest absolute Gasteiger partial charge is 0.0701 e. The standard InChI is InChI=1S/C13H16BrNS2/c1-3-10-4-5-11(17-10)7-12(15-2)9-6-13(14)16-8-9/h4-6,8,12,15H,3,7H2,1-2H3. The molecular formula is C13H16BrNS2. The van der Waals surface area contributed by atoms with Crippen molar-refractivity contribution in [3.63, 3.8) is 0 Å². The van der Waals surface area contributed by atoms with Gasteiger partial charge in [0.2, 0.25) is 0 Å². The number of thiophene rings is 2.